The molecule has 0 unspecified atom stereocenters. The first-order valence-electron chi connectivity index (χ1n) is 1.57. The minimum atomic E-state index is -4.64. The second-order valence-corrected chi connectivity index (χ2v) is 3.08. The van der Waals surface area contributed by atoms with Crippen LogP contribution in [-0.4, -0.2) is 166 Å². The van der Waals surface area contributed by atoms with Crippen molar-refractivity contribution < 1.29 is 100 Å². The van der Waals surface area contributed by atoms with Crippen molar-refractivity contribution in [1.82, 2.24) is 0 Å². The molecular weight excluding hydrogens is 645 g/mol. The summed E-state index contributed by atoms with van der Waals surface area (Å²) in [4.78, 5) is 43.1. The maximum absolute atomic E-state index is 8.88. The first kappa shape index (κ1) is 49.5. The van der Waals surface area contributed by atoms with Crippen molar-refractivity contribution in [3.05, 3.63) is 0 Å². The van der Waals surface area contributed by atoms with Gasteiger partial charge in [-0.3, -0.25) is 0 Å². The van der Waals surface area contributed by atoms with Crippen LogP contribution in [0.4, 0.5) is 0 Å². The van der Waals surface area contributed by atoms with Gasteiger partial charge in [-0.2, -0.15) is 0 Å². The van der Waals surface area contributed by atoms with Crippen LogP contribution in [0, 0.1) is 61.7 Å². The van der Waals surface area contributed by atoms with Gasteiger partial charge in [0, 0.05) is 61.7 Å². The van der Waals surface area contributed by atoms with Gasteiger partial charge in [0.05, 0.1) is 0 Å². The molecule has 0 spiro atoms. The van der Waals surface area contributed by atoms with E-state index in [1.807, 2.05) is 0 Å². The van der Waals surface area contributed by atoms with E-state index in [1.54, 1.807) is 0 Å². The van der Waals surface area contributed by atoms with Crippen molar-refractivity contribution in [2.24, 2.45) is 0 Å². The molecule has 1 radical (unpaired) electrons. The summed E-state index contributed by atoms with van der Waals surface area (Å²) in [5, 5.41) is 0. The average Bonchev–Trinajstić information content (AvgIpc) is 1.12. The summed E-state index contributed by atoms with van der Waals surface area (Å²) in [6.07, 6.45) is 0. The molecule has 0 saturated carbocycles. The fourth-order valence-corrected chi connectivity index (χ4v) is 0. The molecule has 0 amide bonds. The number of rotatable bonds is 0. The SMILES string of the molecule is O=P(O)(O)O.O=P(O)(O)O.[Eu].[Ne].[Ne].[SrH2].[SrH2].[SrH2]. The summed E-state index contributed by atoms with van der Waals surface area (Å²) in [7, 11) is -9.28. The van der Waals surface area contributed by atoms with Gasteiger partial charge in [-0.1, -0.05) is 0 Å². The van der Waals surface area contributed by atoms with Gasteiger partial charge in [0.2, 0.25) is 0 Å². The van der Waals surface area contributed by atoms with Gasteiger partial charge in [-0.05, 0) is 0 Å². The first-order chi connectivity index (χ1) is 4.00. The van der Waals surface area contributed by atoms with Gasteiger partial charge in [-0.25, -0.2) is 9.13 Å². The molecule has 0 aromatic rings. The summed E-state index contributed by atoms with van der Waals surface area (Å²) < 4.78 is 17.8. The van der Waals surface area contributed by atoms with Gasteiger partial charge in [0.1, 0.15) is 0 Å². The fraction of sp³-hybridized carbons (Fsp3) is 0. The molecular formula is H12EuNe2O8P2Sr3. The normalized spacial score (nSPS) is 7.38. The average molecular weight is 657 g/mol. The second kappa shape index (κ2) is 26.0. The monoisotopic (exact) mass is 659 g/mol. The van der Waals surface area contributed by atoms with Crippen LogP contribution in [0.1, 0.15) is 0 Å². The predicted molar refractivity (Wildman–Crippen MR) is 54.2 cm³/mol. The van der Waals surface area contributed by atoms with Crippen molar-refractivity contribution in [2.75, 3.05) is 0 Å². The molecule has 8 nitrogen and oxygen atoms in total. The van der Waals surface area contributed by atoms with Crippen LogP contribution in [-0.2, 0) is 9.13 Å². The Bertz CT molecular complexity index is 144. The molecule has 6 N–H and O–H groups in total. The Morgan fingerprint density at radius 3 is 0.562 bits per heavy atom. The Balaban J connectivity index is -0.00000000970. The molecule has 0 aliphatic heterocycles. The van der Waals surface area contributed by atoms with Crippen LogP contribution >= 0.6 is 15.6 Å². The van der Waals surface area contributed by atoms with Crippen LogP contribution in [0.15, 0.2) is 0 Å². The Hall–Kier alpha value is 6.06. The summed E-state index contributed by atoms with van der Waals surface area (Å²) >= 11 is 0. The summed E-state index contributed by atoms with van der Waals surface area (Å²) in [6, 6.07) is 0. The first-order valence-corrected chi connectivity index (χ1v) is 4.70. The van der Waals surface area contributed by atoms with E-state index in [0.717, 1.165) is 0 Å². The molecule has 0 heterocycles. The van der Waals surface area contributed by atoms with Crippen LogP contribution in [0.3, 0.4) is 0 Å². The third-order valence-corrected chi connectivity index (χ3v) is 0. The number of phosphoric acid groups is 2. The van der Waals surface area contributed by atoms with Gasteiger partial charge in [0.25, 0.3) is 0 Å². The molecule has 0 aliphatic carbocycles. The van der Waals surface area contributed by atoms with Crippen molar-refractivity contribution in [2.45, 2.75) is 0 Å². The quantitative estimate of drug-likeness (QED) is 0.112. The van der Waals surface area contributed by atoms with Crippen LogP contribution in [0.5, 0.6) is 0 Å². The second-order valence-electron chi connectivity index (χ2n) is 1.03. The van der Waals surface area contributed by atoms with Crippen molar-refractivity contribution in [1.29, 1.82) is 0 Å². The summed E-state index contributed by atoms with van der Waals surface area (Å²) in [5.41, 5.74) is 0. The third kappa shape index (κ3) is 198. The number of hydrogen-bond acceptors (Lipinski definition) is 2. The van der Waals surface area contributed by atoms with Crippen molar-refractivity contribution >= 4 is 152 Å². The molecule has 0 aliphatic rings. The molecule has 0 saturated heterocycles. The maximum atomic E-state index is 8.88. The molecule has 16 heteroatoms. The molecule has 0 fully saturated rings. The molecule has 0 bridgehead atoms. The van der Waals surface area contributed by atoms with Crippen molar-refractivity contribution in [3.63, 3.8) is 0 Å². The molecule has 99 valence electrons. The Kier molecular flexibility index (Phi) is 80.4. The zero-order valence-electron chi connectivity index (χ0n) is 5.48. The molecule has 0 atom stereocenters. The summed E-state index contributed by atoms with van der Waals surface area (Å²) in [6.45, 7) is 0. The zero-order chi connectivity index (χ0) is 9.00. The van der Waals surface area contributed by atoms with E-state index < -0.39 is 15.6 Å². The fourth-order valence-electron chi connectivity index (χ4n) is 0. The molecule has 16 heavy (non-hydrogen) atoms. The van der Waals surface area contributed by atoms with E-state index in [1.165, 1.54) is 0 Å². The minimum absolute atomic E-state index is 0. The van der Waals surface area contributed by atoms with E-state index in [9.17, 15) is 0 Å². The summed E-state index contributed by atoms with van der Waals surface area (Å²) in [5.74, 6) is 0. The van der Waals surface area contributed by atoms with Crippen LogP contribution < -0.4 is 0 Å². The Morgan fingerprint density at radius 2 is 0.562 bits per heavy atom. The molecule has 0 rings (SSSR count). The van der Waals surface area contributed by atoms with Crippen LogP contribution in [0.25, 0.3) is 0 Å². The van der Waals surface area contributed by atoms with Gasteiger partial charge < -0.3 is 29.4 Å². The van der Waals surface area contributed by atoms with Crippen LogP contribution in [0.2, 0.25) is 0 Å². The van der Waals surface area contributed by atoms with E-state index in [0.29, 0.717) is 0 Å². The number of hydrogen-bond donors (Lipinski definition) is 6. The van der Waals surface area contributed by atoms with E-state index in [2.05, 4.69) is 0 Å². The van der Waals surface area contributed by atoms with Crippen molar-refractivity contribution in [3.8, 4) is 0 Å². The van der Waals surface area contributed by atoms with Gasteiger partial charge >= 0.3 is 152 Å². The van der Waals surface area contributed by atoms with Gasteiger partial charge in [-0.15, -0.1) is 0 Å². The molecule has 0 aromatic heterocycles. The Labute approximate surface area is 245 Å². The Morgan fingerprint density at radius 1 is 0.562 bits per heavy atom. The van der Waals surface area contributed by atoms with E-state index in [-0.39, 0.29) is 198 Å². The van der Waals surface area contributed by atoms with E-state index >= 15 is 0 Å². The van der Waals surface area contributed by atoms with E-state index in [4.69, 9.17) is 38.5 Å². The third-order valence-electron chi connectivity index (χ3n) is 0. The topological polar surface area (TPSA) is 156 Å². The standard InChI is InChI=1S/Eu.2Ne.2H3O4P.3Sr.6H/c;;;2*1-5(2,3)4;;;;;;;;;/h;;;2*(H3,1,2,3,4);;;;;;;;;. The van der Waals surface area contributed by atoms with Gasteiger partial charge in [0.15, 0.2) is 0 Å². The predicted octanol–water partition coefficient (Wildman–Crippen LogP) is -4.61. The molecule has 0 aromatic carbocycles. The zero-order valence-corrected chi connectivity index (χ0v) is 9.69.